The minimum atomic E-state index is -0.629. The zero-order valence-electron chi connectivity index (χ0n) is 9.95. The van der Waals surface area contributed by atoms with E-state index < -0.39 is 5.82 Å². The highest BCUT2D eigenvalue weighted by Crippen LogP contribution is 2.32. The van der Waals surface area contributed by atoms with Crippen LogP contribution in [0.3, 0.4) is 0 Å². The molecule has 3 aromatic rings. The van der Waals surface area contributed by atoms with Crippen LogP contribution in [-0.4, -0.2) is 4.98 Å². The average molecular weight is 328 g/mol. The fourth-order valence-electron chi connectivity index (χ4n) is 1.75. The maximum absolute atomic E-state index is 13.3. The molecule has 0 radical (unpaired) electrons. The lowest BCUT2D eigenvalue weighted by Crippen LogP contribution is -1.91. The van der Waals surface area contributed by atoms with Crippen LogP contribution in [-0.2, 0) is 0 Å². The van der Waals surface area contributed by atoms with Gasteiger partial charge in [0.05, 0.1) is 20.3 Å². The van der Waals surface area contributed by atoms with Crippen LogP contribution in [0.5, 0.6) is 0 Å². The molecule has 0 saturated heterocycles. The summed E-state index contributed by atoms with van der Waals surface area (Å²) in [6, 6.07) is 8.41. The van der Waals surface area contributed by atoms with Gasteiger partial charge in [-0.1, -0.05) is 34.5 Å². The van der Waals surface area contributed by atoms with E-state index in [2.05, 4.69) is 10.3 Å². The van der Waals surface area contributed by atoms with E-state index in [0.717, 1.165) is 10.2 Å². The van der Waals surface area contributed by atoms with Gasteiger partial charge >= 0.3 is 0 Å². The number of nitrogens with one attached hydrogen (secondary N) is 1. The highest BCUT2D eigenvalue weighted by atomic mass is 35.5. The molecule has 1 aromatic heterocycles. The maximum atomic E-state index is 13.3. The molecule has 0 aliphatic rings. The van der Waals surface area contributed by atoms with Crippen LogP contribution in [0, 0.1) is 5.82 Å². The fourth-order valence-corrected chi connectivity index (χ4v) is 3.17. The minimum Gasteiger partial charge on any atom is -0.399 e. The second-order valence-corrected chi connectivity index (χ2v) is 5.97. The van der Waals surface area contributed by atoms with Gasteiger partial charge in [0, 0.05) is 11.4 Å². The molecule has 20 heavy (non-hydrogen) atoms. The summed E-state index contributed by atoms with van der Waals surface area (Å²) in [4.78, 5) is 4.40. The molecule has 0 amide bonds. The third-order valence-electron chi connectivity index (χ3n) is 2.65. The Morgan fingerprint density at radius 3 is 2.55 bits per heavy atom. The van der Waals surface area contributed by atoms with Crippen molar-refractivity contribution < 1.29 is 4.39 Å². The van der Waals surface area contributed by atoms with Crippen molar-refractivity contribution >= 4 is 61.3 Å². The normalized spacial score (nSPS) is 10.9. The number of nitrogen functional groups attached to an aromatic ring is 1. The van der Waals surface area contributed by atoms with Gasteiger partial charge < -0.3 is 11.1 Å². The monoisotopic (exact) mass is 327 g/mol. The molecule has 0 bridgehead atoms. The van der Waals surface area contributed by atoms with Gasteiger partial charge in [0.15, 0.2) is 10.9 Å². The molecule has 3 rings (SSSR count). The Labute approximate surface area is 128 Å². The maximum Gasteiger partial charge on any atom is 0.188 e. The summed E-state index contributed by atoms with van der Waals surface area (Å²) in [6.45, 7) is 0. The van der Waals surface area contributed by atoms with Gasteiger partial charge in [0.2, 0.25) is 0 Å². The highest BCUT2D eigenvalue weighted by molar-refractivity contribution is 7.22. The summed E-state index contributed by atoms with van der Waals surface area (Å²) in [5.74, 6) is -0.629. The Balaban J connectivity index is 1.96. The molecule has 3 N–H and O–H groups in total. The summed E-state index contributed by atoms with van der Waals surface area (Å²) < 4.78 is 14.3. The third-order valence-corrected chi connectivity index (χ3v) is 4.13. The van der Waals surface area contributed by atoms with Crippen LogP contribution in [0.4, 0.5) is 20.9 Å². The second kappa shape index (κ2) is 5.09. The highest BCUT2D eigenvalue weighted by Gasteiger charge is 2.09. The van der Waals surface area contributed by atoms with Crippen molar-refractivity contribution in [1.29, 1.82) is 0 Å². The van der Waals surface area contributed by atoms with Crippen LogP contribution in [0.15, 0.2) is 30.3 Å². The molecule has 1 heterocycles. The largest absolute Gasteiger partial charge is 0.399 e. The van der Waals surface area contributed by atoms with Crippen molar-refractivity contribution in [2.75, 3.05) is 11.1 Å². The predicted molar refractivity (Wildman–Crippen MR) is 83.7 cm³/mol. The molecule has 0 aliphatic carbocycles. The Bertz CT molecular complexity index is 780. The number of benzene rings is 2. The second-order valence-electron chi connectivity index (χ2n) is 4.13. The Morgan fingerprint density at radius 1 is 1.15 bits per heavy atom. The lowest BCUT2D eigenvalue weighted by molar-refractivity contribution is 0.629. The lowest BCUT2D eigenvalue weighted by Gasteiger charge is -2.05. The van der Waals surface area contributed by atoms with Gasteiger partial charge in [0.25, 0.3) is 0 Å². The van der Waals surface area contributed by atoms with Gasteiger partial charge in [-0.05, 0) is 30.3 Å². The van der Waals surface area contributed by atoms with E-state index in [1.54, 1.807) is 6.07 Å². The summed E-state index contributed by atoms with van der Waals surface area (Å²) in [5.41, 5.74) is 7.82. The zero-order valence-corrected chi connectivity index (χ0v) is 12.3. The molecule has 3 nitrogen and oxygen atoms in total. The van der Waals surface area contributed by atoms with Crippen LogP contribution < -0.4 is 11.1 Å². The average Bonchev–Trinajstić information content (AvgIpc) is 2.77. The van der Waals surface area contributed by atoms with Crippen molar-refractivity contribution in [3.05, 3.63) is 46.2 Å². The van der Waals surface area contributed by atoms with Crippen molar-refractivity contribution in [3.8, 4) is 0 Å². The van der Waals surface area contributed by atoms with Crippen LogP contribution in [0.1, 0.15) is 0 Å². The SMILES string of the molecule is Nc1ccc2nc(Nc3cc(Cl)c(F)c(Cl)c3)sc2c1. The third kappa shape index (κ3) is 2.52. The van der Waals surface area contributed by atoms with Crippen LogP contribution >= 0.6 is 34.5 Å². The number of rotatable bonds is 2. The summed E-state index contributed by atoms with van der Waals surface area (Å²) >= 11 is 12.9. The number of anilines is 3. The molecule has 7 heteroatoms. The van der Waals surface area contributed by atoms with Crippen LogP contribution in [0.2, 0.25) is 10.0 Å². The molecule has 102 valence electrons. The van der Waals surface area contributed by atoms with E-state index in [-0.39, 0.29) is 10.0 Å². The number of thiazole rings is 1. The molecule has 0 fully saturated rings. The number of aromatic nitrogens is 1. The van der Waals surface area contributed by atoms with Gasteiger partial charge in [0.1, 0.15) is 0 Å². The van der Waals surface area contributed by atoms with Crippen molar-refractivity contribution in [3.63, 3.8) is 0 Å². The van der Waals surface area contributed by atoms with E-state index in [1.807, 2.05) is 12.1 Å². The summed E-state index contributed by atoms with van der Waals surface area (Å²) in [5, 5.41) is 3.64. The Kier molecular flexibility index (Phi) is 3.41. The lowest BCUT2D eigenvalue weighted by atomic mass is 10.3. The number of hydrogen-bond acceptors (Lipinski definition) is 4. The molecule has 2 aromatic carbocycles. The standard InChI is InChI=1S/C13H8Cl2FN3S/c14-8-4-7(5-9(15)12(8)16)18-13-19-10-2-1-6(17)3-11(10)20-13/h1-5H,17H2,(H,18,19). The van der Waals surface area contributed by atoms with Crippen molar-refractivity contribution in [1.82, 2.24) is 4.98 Å². The minimum absolute atomic E-state index is 0.0367. The molecule has 0 unspecified atom stereocenters. The van der Waals surface area contributed by atoms with E-state index in [4.69, 9.17) is 28.9 Å². The molecule has 0 saturated carbocycles. The van der Waals surface area contributed by atoms with Gasteiger partial charge in [-0.15, -0.1) is 0 Å². The topological polar surface area (TPSA) is 50.9 Å². The quantitative estimate of drug-likeness (QED) is 0.510. The van der Waals surface area contributed by atoms with Crippen molar-refractivity contribution in [2.45, 2.75) is 0 Å². The van der Waals surface area contributed by atoms with E-state index in [9.17, 15) is 4.39 Å². The Morgan fingerprint density at radius 2 is 1.85 bits per heavy atom. The molecule has 0 aliphatic heterocycles. The first-order chi connectivity index (χ1) is 9.52. The molecular weight excluding hydrogens is 320 g/mol. The van der Waals surface area contributed by atoms with Gasteiger partial charge in [-0.3, -0.25) is 0 Å². The first-order valence-electron chi connectivity index (χ1n) is 5.60. The Hall–Kier alpha value is -1.56. The van der Waals surface area contributed by atoms with E-state index >= 15 is 0 Å². The van der Waals surface area contributed by atoms with Crippen molar-refractivity contribution in [2.24, 2.45) is 0 Å². The molecule has 0 atom stereocenters. The van der Waals surface area contributed by atoms with Crippen LogP contribution in [0.25, 0.3) is 10.2 Å². The summed E-state index contributed by atoms with van der Waals surface area (Å²) in [6.07, 6.45) is 0. The van der Waals surface area contributed by atoms with E-state index in [1.165, 1.54) is 23.5 Å². The first kappa shape index (κ1) is 13.4. The molecular formula is C13H8Cl2FN3S. The van der Waals surface area contributed by atoms with Gasteiger partial charge in [-0.2, -0.15) is 0 Å². The van der Waals surface area contributed by atoms with Gasteiger partial charge in [-0.25, -0.2) is 9.37 Å². The number of nitrogens with zero attached hydrogens (tertiary/aromatic N) is 1. The first-order valence-corrected chi connectivity index (χ1v) is 7.18. The van der Waals surface area contributed by atoms with E-state index in [0.29, 0.717) is 16.5 Å². The summed E-state index contributed by atoms with van der Waals surface area (Å²) in [7, 11) is 0. The number of nitrogens with two attached hydrogens (primary N) is 1. The molecule has 0 spiro atoms. The number of hydrogen-bond donors (Lipinski definition) is 2. The fraction of sp³-hybridized carbons (Fsp3) is 0. The smallest absolute Gasteiger partial charge is 0.188 e. The zero-order chi connectivity index (χ0) is 14.3. The number of fused-ring (bicyclic) bond motifs is 1. The predicted octanol–water partition coefficient (Wildman–Crippen LogP) is 5.07. The number of halogens is 3.